The molecule has 8 heteroatoms. The van der Waals surface area contributed by atoms with Gasteiger partial charge in [-0.25, -0.2) is 4.98 Å². The molecule has 0 bridgehead atoms. The minimum Gasteiger partial charge on any atom is -0.326 e. The minimum atomic E-state index is -0.219. The van der Waals surface area contributed by atoms with Gasteiger partial charge in [-0.1, -0.05) is 36.7 Å². The van der Waals surface area contributed by atoms with E-state index in [9.17, 15) is 4.79 Å². The normalized spacial score (nSPS) is 11.2. The quantitative estimate of drug-likeness (QED) is 0.289. The zero-order valence-electron chi connectivity index (χ0n) is 16.7. The number of aromatic nitrogens is 4. The highest BCUT2D eigenvalue weighted by molar-refractivity contribution is 6.34. The number of nitrogens with zero attached hydrogens (tertiary/aromatic N) is 2. The lowest BCUT2D eigenvalue weighted by molar-refractivity contribution is 0.102. The second kappa shape index (κ2) is 7.77. The van der Waals surface area contributed by atoms with Crippen molar-refractivity contribution in [3.05, 3.63) is 76.9 Å². The fraction of sp³-hybridized carbons (Fsp3) is 0.0870. The maximum Gasteiger partial charge on any atom is 0.255 e. The van der Waals surface area contributed by atoms with Crippen LogP contribution < -0.4 is 10.6 Å². The van der Waals surface area contributed by atoms with Gasteiger partial charge in [0.05, 0.1) is 16.6 Å². The van der Waals surface area contributed by atoms with Crippen LogP contribution in [0.3, 0.4) is 0 Å². The number of nitrogens with one attached hydrogen (secondary N) is 4. The van der Waals surface area contributed by atoms with E-state index in [4.69, 9.17) is 11.6 Å². The molecule has 0 saturated carbocycles. The van der Waals surface area contributed by atoms with E-state index >= 15 is 0 Å². The lowest BCUT2D eigenvalue weighted by Gasteiger charge is -2.07. The fourth-order valence-corrected chi connectivity index (χ4v) is 3.75. The molecule has 5 aromatic rings. The number of benzene rings is 3. The number of anilines is 3. The van der Waals surface area contributed by atoms with E-state index < -0.39 is 0 Å². The van der Waals surface area contributed by atoms with E-state index in [1.54, 1.807) is 24.3 Å². The Morgan fingerprint density at radius 3 is 2.81 bits per heavy atom. The molecule has 7 nitrogen and oxygen atoms in total. The summed E-state index contributed by atoms with van der Waals surface area (Å²) in [4.78, 5) is 20.6. The Labute approximate surface area is 182 Å². The van der Waals surface area contributed by atoms with Gasteiger partial charge < -0.3 is 15.6 Å². The number of hydrogen-bond acceptors (Lipinski definition) is 4. The van der Waals surface area contributed by atoms with Crippen LogP contribution in [0.15, 0.2) is 60.7 Å². The Kier molecular flexibility index (Phi) is 4.80. The number of H-pyrrole nitrogens is 2. The summed E-state index contributed by atoms with van der Waals surface area (Å²) < 4.78 is 0. The van der Waals surface area contributed by atoms with Gasteiger partial charge in [-0.05, 0) is 54.4 Å². The highest BCUT2D eigenvalue weighted by Gasteiger charge is 2.12. The fourth-order valence-electron chi connectivity index (χ4n) is 3.55. The van der Waals surface area contributed by atoms with Crippen LogP contribution in [-0.2, 0) is 6.42 Å². The monoisotopic (exact) mass is 430 g/mol. The second-order valence-corrected chi connectivity index (χ2v) is 7.55. The molecule has 0 radical (unpaired) electrons. The minimum absolute atomic E-state index is 0.219. The molecule has 0 aliphatic heterocycles. The summed E-state index contributed by atoms with van der Waals surface area (Å²) in [5, 5.41) is 14.4. The highest BCUT2D eigenvalue weighted by Crippen LogP contribution is 2.25. The number of rotatable bonds is 5. The Hall–Kier alpha value is -3.84. The van der Waals surface area contributed by atoms with Crippen molar-refractivity contribution in [1.82, 2.24) is 20.2 Å². The average Bonchev–Trinajstić information content (AvgIpc) is 3.36. The Morgan fingerprint density at radius 1 is 1.06 bits per heavy atom. The van der Waals surface area contributed by atoms with Crippen LogP contribution in [0.1, 0.15) is 22.8 Å². The van der Waals surface area contributed by atoms with Crippen molar-refractivity contribution in [2.45, 2.75) is 13.3 Å². The molecular formula is C23H19ClN6O. The number of halogens is 1. The van der Waals surface area contributed by atoms with Crippen LogP contribution in [0.5, 0.6) is 0 Å². The van der Waals surface area contributed by atoms with Gasteiger partial charge in [0.15, 0.2) is 0 Å². The van der Waals surface area contributed by atoms with Crippen molar-refractivity contribution in [1.29, 1.82) is 0 Å². The molecule has 0 spiro atoms. The van der Waals surface area contributed by atoms with Gasteiger partial charge in [-0.2, -0.15) is 5.10 Å². The third-order valence-corrected chi connectivity index (χ3v) is 5.45. The standard InChI is InChI=1S/C23H19ClN6O/c1-2-13-5-3-4-6-17(13)26-23-27-18-10-7-14(11-20(18)28-23)22(31)25-15-8-9-16-19(12-15)29-30-21(16)24/h3-12H,2H2,1H3,(H,25,31)(H,29,30)(H2,26,27,28). The van der Waals surface area contributed by atoms with Crippen LogP contribution in [0.25, 0.3) is 21.9 Å². The number of para-hydroxylation sites is 1. The SMILES string of the molecule is CCc1ccccc1Nc1nc2ccc(C(=O)Nc3ccc4c(Cl)[nH]nc4c3)cc2[nH]1. The number of fused-ring (bicyclic) bond motifs is 2. The van der Waals surface area contributed by atoms with Gasteiger partial charge in [0.25, 0.3) is 5.91 Å². The van der Waals surface area contributed by atoms with E-state index in [2.05, 4.69) is 43.8 Å². The van der Waals surface area contributed by atoms with Crippen LogP contribution in [0, 0.1) is 0 Å². The van der Waals surface area contributed by atoms with Crippen LogP contribution in [-0.4, -0.2) is 26.1 Å². The van der Waals surface area contributed by atoms with Crippen molar-refractivity contribution in [3.8, 4) is 0 Å². The van der Waals surface area contributed by atoms with E-state index in [1.807, 2.05) is 30.3 Å². The van der Waals surface area contributed by atoms with Crippen molar-refractivity contribution in [2.75, 3.05) is 10.6 Å². The first-order valence-electron chi connectivity index (χ1n) is 9.90. The summed E-state index contributed by atoms with van der Waals surface area (Å²) >= 11 is 6.03. The first-order chi connectivity index (χ1) is 15.1. The molecule has 0 atom stereocenters. The number of carbonyl (C=O) groups excluding carboxylic acids is 1. The maximum atomic E-state index is 12.8. The predicted octanol–water partition coefficient (Wildman–Crippen LogP) is 5.65. The lowest BCUT2D eigenvalue weighted by atomic mass is 10.1. The van der Waals surface area contributed by atoms with Crippen LogP contribution in [0.4, 0.5) is 17.3 Å². The highest BCUT2D eigenvalue weighted by atomic mass is 35.5. The number of aromatic amines is 2. The molecule has 0 aliphatic rings. The molecule has 3 aromatic carbocycles. The van der Waals surface area contributed by atoms with E-state index in [0.717, 1.165) is 28.5 Å². The topological polar surface area (TPSA) is 98.5 Å². The number of hydrogen-bond donors (Lipinski definition) is 4. The Balaban J connectivity index is 1.38. The number of imidazole rings is 1. The van der Waals surface area contributed by atoms with E-state index in [0.29, 0.717) is 27.9 Å². The summed E-state index contributed by atoms with van der Waals surface area (Å²) in [5.41, 5.74) is 5.63. The number of carbonyl (C=O) groups is 1. The summed E-state index contributed by atoms with van der Waals surface area (Å²) in [6, 6.07) is 18.9. The van der Waals surface area contributed by atoms with Crippen LogP contribution in [0.2, 0.25) is 5.15 Å². The molecule has 2 heterocycles. The zero-order chi connectivity index (χ0) is 21.4. The molecule has 154 valence electrons. The van der Waals surface area contributed by atoms with Crippen molar-refractivity contribution < 1.29 is 4.79 Å². The summed E-state index contributed by atoms with van der Waals surface area (Å²) in [6.45, 7) is 2.11. The smallest absolute Gasteiger partial charge is 0.255 e. The Morgan fingerprint density at radius 2 is 1.94 bits per heavy atom. The van der Waals surface area contributed by atoms with Gasteiger partial charge in [0.1, 0.15) is 5.15 Å². The third-order valence-electron chi connectivity index (χ3n) is 5.16. The molecule has 0 saturated heterocycles. The van der Waals surface area contributed by atoms with Gasteiger partial charge in [0.2, 0.25) is 5.95 Å². The zero-order valence-corrected chi connectivity index (χ0v) is 17.4. The van der Waals surface area contributed by atoms with Crippen molar-refractivity contribution in [3.63, 3.8) is 0 Å². The molecule has 0 aliphatic carbocycles. The van der Waals surface area contributed by atoms with Gasteiger partial charge >= 0.3 is 0 Å². The summed E-state index contributed by atoms with van der Waals surface area (Å²) in [5.74, 6) is 0.414. The molecule has 5 rings (SSSR count). The van der Waals surface area contributed by atoms with E-state index in [1.165, 1.54) is 5.56 Å². The van der Waals surface area contributed by atoms with Gasteiger partial charge in [-0.15, -0.1) is 0 Å². The largest absolute Gasteiger partial charge is 0.326 e. The lowest BCUT2D eigenvalue weighted by Crippen LogP contribution is -2.11. The molecule has 4 N–H and O–H groups in total. The molecule has 2 aromatic heterocycles. The van der Waals surface area contributed by atoms with E-state index in [-0.39, 0.29) is 5.91 Å². The molecule has 31 heavy (non-hydrogen) atoms. The Bertz CT molecular complexity index is 1420. The predicted molar refractivity (Wildman–Crippen MR) is 124 cm³/mol. The van der Waals surface area contributed by atoms with Crippen LogP contribution >= 0.6 is 11.6 Å². The van der Waals surface area contributed by atoms with Crippen molar-refractivity contribution >= 4 is 56.8 Å². The average molecular weight is 431 g/mol. The summed E-state index contributed by atoms with van der Waals surface area (Å²) in [6.07, 6.45) is 0.921. The summed E-state index contributed by atoms with van der Waals surface area (Å²) in [7, 11) is 0. The molecule has 0 fully saturated rings. The van der Waals surface area contributed by atoms with Gasteiger partial charge in [0, 0.05) is 22.3 Å². The first-order valence-corrected chi connectivity index (χ1v) is 10.3. The molecule has 1 amide bonds. The first kappa shape index (κ1) is 19.1. The number of amides is 1. The van der Waals surface area contributed by atoms with Gasteiger partial charge in [-0.3, -0.25) is 9.89 Å². The maximum absolute atomic E-state index is 12.8. The third kappa shape index (κ3) is 3.71. The van der Waals surface area contributed by atoms with Crippen molar-refractivity contribution in [2.24, 2.45) is 0 Å². The second-order valence-electron chi connectivity index (χ2n) is 7.18. The molecule has 0 unspecified atom stereocenters. The molecular weight excluding hydrogens is 412 g/mol. The number of aryl methyl sites for hydroxylation is 1.